The fourth-order valence-electron chi connectivity index (χ4n) is 1.45. The number of halogens is 2. The maximum Gasteiger partial charge on any atom is 0.0835 e. The van der Waals surface area contributed by atoms with Crippen molar-refractivity contribution in [3.05, 3.63) is 46.2 Å². The Bertz CT molecular complexity index is 468. The summed E-state index contributed by atoms with van der Waals surface area (Å²) < 4.78 is 2.95. The number of hydrogen-bond acceptors (Lipinski definition) is 2. The molecule has 1 heterocycles. The third kappa shape index (κ3) is 3.15. The normalized spacial score (nSPS) is 10.6. The Balaban J connectivity index is 2.08. The number of alkyl halides is 1. The Morgan fingerprint density at radius 1 is 1.31 bits per heavy atom. The standard InChI is InChI=1S/C11H11Br2N3/c12-5-4-11-8-16(15-14-11)7-9-2-1-3-10(13)6-9/h1-3,6,8H,4-5,7H2. The van der Waals surface area contributed by atoms with E-state index in [2.05, 4.69) is 54.3 Å². The lowest BCUT2D eigenvalue weighted by molar-refractivity contribution is 0.649. The molecule has 3 nitrogen and oxygen atoms in total. The van der Waals surface area contributed by atoms with Gasteiger partial charge < -0.3 is 0 Å². The molecule has 0 N–H and O–H groups in total. The van der Waals surface area contributed by atoms with Crippen LogP contribution in [0.2, 0.25) is 0 Å². The monoisotopic (exact) mass is 343 g/mol. The van der Waals surface area contributed by atoms with Crippen LogP contribution in [0.4, 0.5) is 0 Å². The summed E-state index contributed by atoms with van der Waals surface area (Å²) in [4.78, 5) is 0. The lowest BCUT2D eigenvalue weighted by Crippen LogP contribution is -2.00. The molecule has 0 amide bonds. The highest BCUT2D eigenvalue weighted by Gasteiger charge is 2.01. The number of nitrogens with zero attached hydrogens (tertiary/aromatic N) is 3. The molecule has 0 aliphatic rings. The molecule has 0 bridgehead atoms. The zero-order chi connectivity index (χ0) is 11.4. The van der Waals surface area contributed by atoms with Gasteiger partial charge in [0.05, 0.1) is 12.2 Å². The summed E-state index contributed by atoms with van der Waals surface area (Å²) in [6.07, 6.45) is 2.90. The zero-order valence-electron chi connectivity index (χ0n) is 8.61. The van der Waals surface area contributed by atoms with E-state index in [0.29, 0.717) is 0 Å². The van der Waals surface area contributed by atoms with Crippen LogP contribution in [0.25, 0.3) is 0 Å². The highest BCUT2D eigenvalue weighted by Crippen LogP contribution is 2.12. The molecular formula is C11H11Br2N3. The molecule has 0 unspecified atom stereocenters. The topological polar surface area (TPSA) is 30.7 Å². The maximum atomic E-state index is 4.10. The minimum absolute atomic E-state index is 0.759. The van der Waals surface area contributed by atoms with Crippen LogP contribution >= 0.6 is 31.9 Å². The van der Waals surface area contributed by atoms with Crippen molar-refractivity contribution >= 4 is 31.9 Å². The van der Waals surface area contributed by atoms with Gasteiger partial charge in [-0.3, -0.25) is 0 Å². The molecule has 0 aliphatic heterocycles. The maximum absolute atomic E-state index is 4.10. The molecule has 5 heteroatoms. The second-order valence-electron chi connectivity index (χ2n) is 3.48. The fourth-order valence-corrected chi connectivity index (χ4v) is 2.30. The van der Waals surface area contributed by atoms with Crippen LogP contribution in [0.5, 0.6) is 0 Å². The van der Waals surface area contributed by atoms with E-state index in [9.17, 15) is 0 Å². The highest BCUT2D eigenvalue weighted by atomic mass is 79.9. The van der Waals surface area contributed by atoms with Gasteiger partial charge in [-0.05, 0) is 17.7 Å². The van der Waals surface area contributed by atoms with Crippen molar-refractivity contribution in [3.63, 3.8) is 0 Å². The predicted molar refractivity (Wildman–Crippen MR) is 70.8 cm³/mol. The Morgan fingerprint density at radius 3 is 2.94 bits per heavy atom. The van der Waals surface area contributed by atoms with Gasteiger partial charge in [0.1, 0.15) is 0 Å². The van der Waals surface area contributed by atoms with E-state index in [-0.39, 0.29) is 0 Å². The van der Waals surface area contributed by atoms with E-state index in [1.54, 1.807) is 0 Å². The molecule has 0 atom stereocenters. The summed E-state index contributed by atoms with van der Waals surface area (Å²) in [6.45, 7) is 0.759. The number of benzene rings is 1. The Labute approximate surface area is 111 Å². The Hall–Kier alpha value is -0.680. The van der Waals surface area contributed by atoms with Gasteiger partial charge in [-0.25, -0.2) is 4.68 Å². The van der Waals surface area contributed by atoms with E-state index in [4.69, 9.17) is 0 Å². The van der Waals surface area contributed by atoms with Gasteiger partial charge in [0.15, 0.2) is 0 Å². The minimum Gasteiger partial charge on any atom is -0.248 e. The third-order valence-electron chi connectivity index (χ3n) is 2.17. The number of aryl methyl sites for hydroxylation is 1. The summed E-state index contributed by atoms with van der Waals surface area (Å²) >= 11 is 6.84. The van der Waals surface area contributed by atoms with Crippen LogP contribution < -0.4 is 0 Å². The molecule has 2 rings (SSSR count). The van der Waals surface area contributed by atoms with Crippen LogP contribution in [0.1, 0.15) is 11.3 Å². The van der Waals surface area contributed by atoms with Gasteiger partial charge in [0, 0.05) is 22.4 Å². The van der Waals surface area contributed by atoms with Crippen LogP contribution in [-0.4, -0.2) is 20.3 Å². The van der Waals surface area contributed by atoms with E-state index in [1.807, 2.05) is 23.0 Å². The van der Waals surface area contributed by atoms with Crippen LogP contribution in [0.15, 0.2) is 34.9 Å². The van der Waals surface area contributed by atoms with E-state index < -0.39 is 0 Å². The van der Waals surface area contributed by atoms with Crippen molar-refractivity contribution in [3.8, 4) is 0 Å². The first kappa shape index (κ1) is 11.8. The van der Waals surface area contributed by atoms with Gasteiger partial charge in [-0.15, -0.1) is 5.10 Å². The molecule has 0 saturated heterocycles. The highest BCUT2D eigenvalue weighted by molar-refractivity contribution is 9.10. The smallest absolute Gasteiger partial charge is 0.0835 e. The molecule has 1 aromatic carbocycles. The van der Waals surface area contributed by atoms with Crippen LogP contribution in [-0.2, 0) is 13.0 Å². The summed E-state index contributed by atoms with van der Waals surface area (Å²) in [5.41, 5.74) is 2.23. The quantitative estimate of drug-likeness (QED) is 0.798. The molecule has 0 spiro atoms. The Morgan fingerprint density at radius 2 is 2.19 bits per heavy atom. The van der Waals surface area contributed by atoms with Gasteiger partial charge in [0.25, 0.3) is 0 Å². The molecule has 1 aromatic heterocycles. The molecule has 0 aliphatic carbocycles. The zero-order valence-corrected chi connectivity index (χ0v) is 11.8. The molecule has 84 valence electrons. The van der Waals surface area contributed by atoms with Crippen molar-refractivity contribution in [2.75, 3.05) is 5.33 Å². The summed E-state index contributed by atoms with van der Waals surface area (Å²) in [5.74, 6) is 0. The largest absolute Gasteiger partial charge is 0.248 e. The number of rotatable bonds is 4. The second kappa shape index (κ2) is 5.59. The van der Waals surface area contributed by atoms with Gasteiger partial charge >= 0.3 is 0 Å². The third-order valence-corrected chi connectivity index (χ3v) is 3.06. The molecule has 0 fully saturated rings. The van der Waals surface area contributed by atoms with Gasteiger partial charge in [-0.2, -0.15) is 0 Å². The summed E-state index contributed by atoms with van der Waals surface area (Å²) in [6, 6.07) is 8.21. The van der Waals surface area contributed by atoms with Gasteiger partial charge in [0.2, 0.25) is 0 Å². The summed E-state index contributed by atoms with van der Waals surface area (Å²) in [5, 5.41) is 9.11. The fraction of sp³-hybridized carbons (Fsp3) is 0.273. The average Bonchev–Trinajstić information content (AvgIpc) is 2.66. The van der Waals surface area contributed by atoms with Crippen molar-refractivity contribution in [2.45, 2.75) is 13.0 Å². The van der Waals surface area contributed by atoms with Crippen LogP contribution in [0, 0.1) is 0 Å². The lowest BCUT2D eigenvalue weighted by Gasteiger charge is -2.00. The van der Waals surface area contributed by atoms with Crippen molar-refractivity contribution < 1.29 is 0 Å². The molecule has 0 saturated carbocycles. The first-order valence-corrected chi connectivity index (χ1v) is 6.89. The predicted octanol–water partition coefficient (Wildman–Crippen LogP) is 3.03. The van der Waals surface area contributed by atoms with E-state index in [0.717, 1.165) is 28.5 Å². The molecular weight excluding hydrogens is 334 g/mol. The second-order valence-corrected chi connectivity index (χ2v) is 5.19. The molecule has 0 radical (unpaired) electrons. The molecule has 2 aromatic rings. The number of hydrogen-bond donors (Lipinski definition) is 0. The average molecular weight is 345 g/mol. The van der Waals surface area contributed by atoms with Gasteiger partial charge in [-0.1, -0.05) is 49.2 Å². The SMILES string of the molecule is BrCCc1cn(Cc2cccc(Br)c2)nn1. The minimum atomic E-state index is 0.759. The molecule has 16 heavy (non-hydrogen) atoms. The van der Waals surface area contributed by atoms with Crippen molar-refractivity contribution in [2.24, 2.45) is 0 Å². The van der Waals surface area contributed by atoms with Crippen molar-refractivity contribution in [1.82, 2.24) is 15.0 Å². The van der Waals surface area contributed by atoms with E-state index in [1.165, 1.54) is 5.56 Å². The lowest BCUT2D eigenvalue weighted by atomic mass is 10.2. The Kier molecular flexibility index (Phi) is 4.12. The first-order chi connectivity index (χ1) is 7.78. The summed E-state index contributed by atoms with van der Waals surface area (Å²) in [7, 11) is 0. The van der Waals surface area contributed by atoms with Crippen LogP contribution in [0.3, 0.4) is 0 Å². The first-order valence-electron chi connectivity index (χ1n) is 4.97. The number of aromatic nitrogens is 3. The van der Waals surface area contributed by atoms with Crippen molar-refractivity contribution in [1.29, 1.82) is 0 Å². The van der Waals surface area contributed by atoms with E-state index >= 15 is 0 Å².